The molecule has 1 aromatic carbocycles. The van der Waals surface area contributed by atoms with E-state index in [1.54, 1.807) is 11.8 Å². The first kappa shape index (κ1) is 16.0. The third-order valence-electron chi connectivity index (χ3n) is 4.70. The molecule has 2 amide bonds. The molecule has 2 aliphatic rings. The monoisotopic (exact) mass is 316 g/mol. The van der Waals surface area contributed by atoms with Gasteiger partial charge in [-0.25, -0.2) is 0 Å². The molecule has 0 aromatic heterocycles. The lowest BCUT2D eigenvalue weighted by Gasteiger charge is -2.42. The first-order valence-electron chi connectivity index (χ1n) is 8.33. The molecule has 0 spiro atoms. The number of amides is 2. The van der Waals surface area contributed by atoms with Gasteiger partial charge in [-0.05, 0) is 18.4 Å². The molecule has 1 unspecified atom stereocenters. The van der Waals surface area contributed by atoms with Crippen molar-refractivity contribution in [3.05, 3.63) is 35.9 Å². The predicted molar refractivity (Wildman–Crippen MR) is 86.6 cm³/mol. The van der Waals surface area contributed by atoms with Crippen LogP contribution in [-0.4, -0.2) is 53.9 Å². The molecule has 1 aromatic rings. The van der Waals surface area contributed by atoms with Crippen LogP contribution >= 0.6 is 0 Å². The Hall–Kier alpha value is -1.88. The molecule has 0 bridgehead atoms. The SMILES string of the molecule is CC(=O)N1CCCC(C(=O)N2CC(OCc3ccccc3)C2)C1. The van der Waals surface area contributed by atoms with Crippen LogP contribution in [0.25, 0.3) is 0 Å². The summed E-state index contributed by atoms with van der Waals surface area (Å²) in [7, 11) is 0. The fraction of sp³-hybridized carbons (Fsp3) is 0.556. The van der Waals surface area contributed by atoms with Crippen molar-refractivity contribution in [3.8, 4) is 0 Å². The van der Waals surface area contributed by atoms with E-state index in [0.717, 1.165) is 24.9 Å². The Morgan fingerprint density at radius 2 is 1.87 bits per heavy atom. The maximum Gasteiger partial charge on any atom is 0.227 e. The van der Waals surface area contributed by atoms with Crippen LogP contribution in [0, 0.1) is 5.92 Å². The summed E-state index contributed by atoms with van der Waals surface area (Å²) >= 11 is 0. The van der Waals surface area contributed by atoms with Gasteiger partial charge in [-0.1, -0.05) is 30.3 Å². The molecule has 0 saturated carbocycles. The molecule has 124 valence electrons. The van der Waals surface area contributed by atoms with Gasteiger partial charge in [-0.15, -0.1) is 0 Å². The minimum Gasteiger partial charge on any atom is -0.370 e. The molecular formula is C18H24N2O3. The maximum absolute atomic E-state index is 12.5. The molecular weight excluding hydrogens is 292 g/mol. The van der Waals surface area contributed by atoms with Crippen LogP contribution in [0.1, 0.15) is 25.3 Å². The number of likely N-dealkylation sites (tertiary alicyclic amines) is 2. The van der Waals surface area contributed by atoms with E-state index in [0.29, 0.717) is 26.2 Å². The highest BCUT2D eigenvalue weighted by Crippen LogP contribution is 2.23. The van der Waals surface area contributed by atoms with Gasteiger partial charge in [-0.2, -0.15) is 0 Å². The Morgan fingerprint density at radius 3 is 2.57 bits per heavy atom. The zero-order chi connectivity index (χ0) is 16.2. The Balaban J connectivity index is 1.42. The van der Waals surface area contributed by atoms with Crippen molar-refractivity contribution in [1.82, 2.24) is 9.80 Å². The van der Waals surface area contributed by atoms with Gasteiger partial charge in [0.1, 0.15) is 0 Å². The molecule has 5 nitrogen and oxygen atoms in total. The summed E-state index contributed by atoms with van der Waals surface area (Å²) in [6, 6.07) is 10.1. The van der Waals surface area contributed by atoms with Crippen molar-refractivity contribution >= 4 is 11.8 Å². The topological polar surface area (TPSA) is 49.9 Å². The standard InChI is InChI=1S/C18H24N2O3/c1-14(21)19-9-5-8-16(10-19)18(22)20-11-17(12-20)23-13-15-6-3-2-4-7-15/h2-4,6-7,16-17H,5,8-13H2,1H3. The van der Waals surface area contributed by atoms with E-state index in [9.17, 15) is 9.59 Å². The highest BCUT2D eigenvalue weighted by atomic mass is 16.5. The zero-order valence-corrected chi connectivity index (χ0v) is 13.6. The Kier molecular flexibility index (Phi) is 4.96. The number of carbonyl (C=O) groups is 2. The van der Waals surface area contributed by atoms with Crippen molar-refractivity contribution in [3.63, 3.8) is 0 Å². The summed E-state index contributed by atoms with van der Waals surface area (Å²) in [5.74, 6) is 0.202. The average Bonchev–Trinajstić information content (AvgIpc) is 2.54. The highest BCUT2D eigenvalue weighted by Gasteiger charge is 2.37. The number of hydrogen-bond donors (Lipinski definition) is 0. The van der Waals surface area contributed by atoms with Crippen LogP contribution in [0.4, 0.5) is 0 Å². The normalized spacial score (nSPS) is 21.9. The number of benzene rings is 1. The first-order valence-corrected chi connectivity index (χ1v) is 8.33. The van der Waals surface area contributed by atoms with Crippen molar-refractivity contribution in [2.75, 3.05) is 26.2 Å². The number of piperidine rings is 1. The minimum absolute atomic E-state index is 0.0391. The summed E-state index contributed by atoms with van der Waals surface area (Å²) in [6.45, 7) is 4.85. The van der Waals surface area contributed by atoms with Gasteiger partial charge in [0, 0.05) is 33.1 Å². The fourth-order valence-electron chi connectivity index (χ4n) is 3.23. The van der Waals surface area contributed by atoms with E-state index in [1.807, 2.05) is 35.2 Å². The van der Waals surface area contributed by atoms with Gasteiger partial charge >= 0.3 is 0 Å². The largest absolute Gasteiger partial charge is 0.370 e. The van der Waals surface area contributed by atoms with Gasteiger partial charge in [-0.3, -0.25) is 9.59 Å². The molecule has 2 aliphatic heterocycles. The molecule has 23 heavy (non-hydrogen) atoms. The van der Waals surface area contributed by atoms with E-state index in [2.05, 4.69) is 0 Å². The third-order valence-corrected chi connectivity index (χ3v) is 4.70. The second-order valence-corrected chi connectivity index (χ2v) is 6.47. The van der Waals surface area contributed by atoms with Crippen molar-refractivity contribution in [2.24, 2.45) is 5.92 Å². The van der Waals surface area contributed by atoms with Crippen LogP contribution < -0.4 is 0 Å². The van der Waals surface area contributed by atoms with Crippen LogP contribution in [0.2, 0.25) is 0 Å². The van der Waals surface area contributed by atoms with Crippen LogP contribution in [-0.2, 0) is 20.9 Å². The van der Waals surface area contributed by atoms with Gasteiger partial charge in [0.05, 0.1) is 18.6 Å². The molecule has 3 rings (SSSR count). The lowest BCUT2D eigenvalue weighted by molar-refractivity contribution is -0.153. The van der Waals surface area contributed by atoms with Crippen LogP contribution in [0.3, 0.4) is 0 Å². The smallest absolute Gasteiger partial charge is 0.227 e. The molecule has 5 heteroatoms. The van der Waals surface area contributed by atoms with E-state index in [-0.39, 0.29) is 23.8 Å². The second-order valence-electron chi connectivity index (χ2n) is 6.47. The maximum atomic E-state index is 12.5. The van der Waals surface area contributed by atoms with E-state index in [4.69, 9.17) is 4.74 Å². The first-order chi connectivity index (χ1) is 11.1. The van der Waals surface area contributed by atoms with Gasteiger partial charge in [0.25, 0.3) is 0 Å². The molecule has 0 aliphatic carbocycles. The van der Waals surface area contributed by atoms with Crippen molar-refractivity contribution < 1.29 is 14.3 Å². The molecule has 2 heterocycles. The average molecular weight is 316 g/mol. The Morgan fingerprint density at radius 1 is 1.13 bits per heavy atom. The number of carbonyl (C=O) groups excluding carboxylic acids is 2. The summed E-state index contributed by atoms with van der Waals surface area (Å²) in [4.78, 5) is 27.6. The zero-order valence-electron chi connectivity index (χ0n) is 13.6. The fourth-order valence-corrected chi connectivity index (χ4v) is 3.23. The number of rotatable bonds is 4. The Labute approximate surface area is 137 Å². The van der Waals surface area contributed by atoms with E-state index in [1.165, 1.54) is 0 Å². The summed E-state index contributed by atoms with van der Waals surface area (Å²) in [6.07, 6.45) is 1.93. The molecule has 2 saturated heterocycles. The summed E-state index contributed by atoms with van der Waals surface area (Å²) < 4.78 is 5.83. The molecule has 0 radical (unpaired) electrons. The van der Waals surface area contributed by atoms with E-state index < -0.39 is 0 Å². The highest BCUT2D eigenvalue weighted by molar-refractivity contribution is 5.81. The third kappa shape index (κ3) is 3.91. The minimum atomic E-state index is -0.0391. The number of nitrogens with zero attached hydrogens (tertiary/aromatic N) is 2. The molecule has 2 fully saturated rings. The van der Waals surface area contributed by atoms with Crippen LogP contribution in [0.15, 0.2) is 30.3 Å². The second kappa shape index (κ2) is 7.13. The van der Waals surface area contributed by atoms with Gasteiger partial charge < -0.3 is 14.5 Å². The van der Waals surface area contributed by atoms with Crippen molar-refractivity contribution in [1.29, 1.82) is 0 Å². The predicted octanol–water partition coefficient (Wildman–Crippen LogP) is 1.67. The quantitative estimate of drug-likeness (QED) is 0.849. The lowest BCUT2D eigenvalue weighted by Crippen LogP contribution is -2.58. The van der Waals surface area contributed by atoms with Crippen molar-refractivity contribution in [2.45, 2.75) is 32.5 Å². The van der Waals surface area contributed by atoms with E-state index >= 15 is 0 Å². The van der Waals surface area contributed by atoms with Crippen LogP contribution in [0.5, 0.6) is 0 Å². The Bertz CT molecular complexity index is 555. The van der Waals surface area contributed by atoms with Gasteiger partial charge in [0.2, 0.25) is 11.8 Å². The number of hydrogen-bond acceptors (Lipinski definition) is 3. The summed E-state index contributed by atoms with van der Waals surface area (Å²) in [5.41, 5.74) is 1.15. The number of ether oxygens (including phenoxy) is 1. The lowest BCUT2D eigenvalue weighted by atomic mass is 9.95. The summed E-state index contributed by atoms with van der Waals surface area (Å²) in [5, 5.41) is 0. The van der Waals surface area contributed by atoms with Gasteiger partial charge in [0.15, 0.2) is 0 Å². The molecule has 0 N–H and O–H groups in total. The molecule has 1 atom stereocenters.